The summed E-state index contributed by atoms with van der Waals surface area (Å²) in [5.41, 5.74) is 27.9. The normalized spacial score (nSPS) is 12.4. The number of anilines is 1. The van der Waals surface area contributed by atoms with Crippen molar-refractivity contribution in [1.29, 1.82) is 0 Å². The number of nitrogens with one attached hydrogen (secondary N) is 3. The number of unbranched alkanes of at least 4 members (excludes halogenated alkanes) is 3. The van der Waals surface area contributed by atoms with E-state index in [1.807, 2.05) is 0 Å². The number of nitrogen functional groups attached to an aromatic ring is 1. The van der Waals surface area contributed by atoms with E-state index in [-0.39, 0.29) is 89.5 Å². The Labute approximate surface area is 428 Å². The first-order valence-electron chi connectivity index (χ1n) is 24.2. The Morgan fingerprint density at radius 2 is 0.851 bits per heavy atom. The molecule has 0 aliphatic carbocycles. The number of carbonyl (C=O) groups is 7. The van der Waals surface area contributed by atoms with E-state index in [9.17, 15) is 46.7 Å². The van der Waals surface area contributed by atoms with Crippen molar-refractivity contribution in [3.8, 4) is 17.2 Å². The van der Waals surface area contributed by atoms with Gasteiger partial charge in [-0.25, -0.2) is 0 Å². The maximum Gasteiger partial charge on any atom is 0.416 e. The van der Waals surface area contributed by atoms with Gasteiger partial charge in [0.25, 0.3) is 23.6 Å². The number of carbonyl (C=O) groups excluding carboxylic acids is 7. The summed E-state index contributed by atoms with van der Waals surface area (Å²) in [6.45, 7) is 0.978. The zero-order valence-electron chi connectivity index (χ0n) is 41.9. The number of hydrogen-bond acceptors (Lipinski definition) is 14. The summed E-state index contributed by atoms with van der Waals surface area (Å²) in [4.78, 5) is 95.3. The third kappa shape index (κ3) is 17.4. The van der Waals surface area contributed by atoms with Crippen LogP contribution in [-0.4, -0.2) is 100 Å². The summed E-state index contributed by atoms with van der Waals surface area (Å²) in [5, 5.41) is 8.18. The van der Waals surface area contributed by atoms with Gasteiger partial charge < -0.3 is 58.8 Å². The summed E-state index contributed by atoms with van der Waals surface area (Å²) >= 11 is 0. The monoisotopic (exact) mass is 1030 g/mol. The molecule has 0 heterocycles. The fourth-order valence-electron chi connectivity index (χ4n) is 8.20. The molecule has 4 rings (SSSR count). The largest absolute Gasteiger partial charge is 0.496 e. The Kier molecular flexibility index (Phi) is 23.0. The molecular formula is C53H67F3N8O10. The number of rotatable bonds is 31. The van der Waals surface area contributed by atoms with E-state index in [2.05, 4.69) is 16.0 Å². The zero-order chi connectivity index (χ0) is 54.5. The van der Waals surface area contributed by atoms with Crippen molar-refractivity contribution in [2.45, 2.75) is 101 Å². The van der Waals surface area contributed by atoms with Crippen LogP contribution in [0.1, 0.15) is 121 Å². The molecule has 0 aliphatic rings. The lowest BCUT2D eigenvalue weighted by Crippen LogP contribution is -2.42. The molecule has 0 radical (unpaired) electrons. The number of benzene rings is 4. The third-order valence-electron chi connectivity index (χ3n) is 12.1. The van der Waals surface area contributed by atoms with Gasteiger partial charge in [0.2, 0.25) is 0 Å². The highest BCUT2D eigenvalue weighted by Crippen LogP contribution is 2.32. The summed E-state index contributed by atoms with van der Waals surface area (Å²) in [7, 11) is 4.09. The number of primary amides is 1. The maximum absolute atomic E-state index is 14.2. The fraction of sp³-hybridized carbons (Fsp3) is 0.415. The molecule has 4 aromatic rings. The van der Waals surface area contributed by atoms with Crippen molar-refractivity contribution in [1.82, 2.24) is 16.0 Å². The SMILES string of the molecule is COc1ccc(CC(=O)[C@H](CCCCN)NC(=O)c2cc(CC(=O)[C@H](CCCCN)NC(=O)c3cc(CC(=O)[C@H](CCCCN)NC(=O)c4cc(N)cc(C(F)(F)F)c4)ccc3OC)ccc2OC)cc1C(N)=O. The second-order valence-electron chi connectivity index (χ2n) is 17.7. The highest BCUT2D eigenvalue weighted by Gasteiger charge is 2.33. The first-order valence-corrected chi connectivity index (χ1v) is 24.2. The summed E-state index contributed by atoms with van der Waals surface area (Å²) < 4.78 is 56.8. The van der Waals surface area contributed by atoms with Crippen molar-refractivity contribution in [2.24, 2.45) is 22.9 Å². The molecule has 74 heavy (non-hydrogen) atoms. The predicted molar refractivity (Wildman–Crippen MR) is 272 cm³/mol. The fourth-order valence-corrected chi connectivity index (χ4v) is 8.20. The number of methoxy groups -OCH3 is 3. The van der Waals surface area contributed by atoms with Gasteiger partial charge in [-0.2, -0.15) is 13.2 Å². The van der Waals surface area contributed by atoms with Crippen LogP contribution in [0.4, 0.5) is 18.9 Å². The van der Waals surface area contributed by atoms with Gasteiger partial charge >= 0.3 is 6.18 Å². The third-order valence-corrected chi connectivity index (χ3v) is 12.1. The standard InChI is InChI=1S/C53H67F3N8O10/c1-72-46-16-13-31(22-37(46)49(61)68)25-44(66)41(11-5-8-20-58)63-51(70)39-24-33(15-18-48(39)74-3)27-45(67)42(12-6-9-21-59)64-52(71)38-23-32(14-17-47(38)73-2)26-43(65)40(10-4-7-19-57)62-50(69)34-28-35(53(54,55)56)30-36(60)29-34/h13-18,22-24,28-30,40-42H,4-12,19-21,25-27,57-60H2,1-3H3,(H2,61,68)(H,62,69)(H,63,70)(H,64,71)/t40-,41-,42-/m0/s1. The minimum absolute atomic E-state index is 0.0168. The zero-order valence-corrected chi connectivity index (χ0v) is 41.9. The van der Waals surface area contributed by atoms with Crippen molar-refractivity contribution in [3.05, 3.63) is 117 Å². The smallest absolute Gasteiger partial charge is 0.416 e. The molecule has 0 saturated carbocycles. The molecule has 13 N–H and O–H groups in total. The lowest BCUT2D eigenvalue weighted by molar-refractivity contribution is -0.137. The predicted octanol–water partition coefficient (Wildman–Crippen LogP) is 4.53. The van der Waals surface area contributed by atoms with Crippen molar-refractivity contribution in [2.75, 3.05) is 46.7 Å². The molecule has 4 amide bonds. The van der Waals surface area contributed by atoms with E-state index >= 15 is 0 Å². The molecule has 0 unspecified atom stereocenters. The minimum Gasteiger partial charge on any atom is -0.496 e. The van der Waals surface area contributed by atoms with Crippen LogP contribution in [0, 0.1) is 0 Å². The average Bonchev–Trinajstić information content (AvgIpc) is 3.37. The Bertz CT molecular complexity index is 2630. The Morgan fingerprint density at radius 3 is 1.19 bits per heavy atom. The number of nitrogens with two attached hydrogens (primary N) is 5. The molecule has 18 nitrogen and oxygen atoms in total. The van der Waals surface area contributed by atoms with Gasteiger partial charge in [-0.3, -0.25) is 33.6 Å². The second kappa shape index (κ2) is 28.8. The summed E-state index contributed by atoms with van der Waals surface area (Å²) in [6, 6.07) is 12.9. The van der Waals surface area contributed by atoms with E-state index in [1.54, 1.807) is 18.2 Å². The maximum atomic E-state index is 14.2. The molecule has 3 atom stereocenters. The quantitative estimate of drug-likeness (QED) is 0.0254. The number of hydrogen-bond donors (Lipinski definition) is 8. The number of Topliss-reactive ketones (excluding diaryl/α,β-unsaturated/α-hetero) is 3. The second-order valence-corrected chi connectivity index (χ2v) is 17.7. The number of ketones is 3. The van der Waals surface area contributed by atoms with Crippen LogP contribution in [0.2, 0.25) is 0 Å². The summed E-state index contributed by atoms with van der Waals surface area (Å²) in [5.74, 6) is -3.79. The van der Waals surface area contributed by atoms with Crippen LogP contribution in [0.25, 0.3) is 0 Å². The van der Waals surface area contributed by atoms with Crippen molar-refractivity contribution in [3.63, 3.8) is 0 Å². The minimum atomic E-state index is -4.78. The Hall–Kier alpha value is -7.36. The molecule has 0 aromatic heterocycles. The number of halogens is 3. The van der Waals surface area contributed by atoms with Crippen molar-refractivity contribution >= 4 is 46.7 Å². The Balaban J connectivity index is 1.55. The van der Waals surface area contributed by atoms with Gasteiger partial charge in [0.15, 0.2) is 17.3 Å². The molecular weight excluding hydrogens is 966 g/mol. The molecule has 0 saturated heterocycles. The first kappa shape index (κ1) is 59.2. The van der Waals surface area contributed by atoms with E-state index in [0.29, 0.717) is 87.0 Å². The summed E-state index contributed by atoms with van der Waals surface area (Å²) in [6.07, 6.45) is -1.91. The van der Waals surface area contributed by atoms with Crippen molar-refractivity contribution < 1.29 is 60.9 Å². The topological polar surface area (TPSA) is 313 Å². The van der Waals surface area contributed by atoms with Crippen LogP contribution in [-0.2, 0) is 39.8 Å². The van der Waals surface area contributed by atoms with Gasteiger partial charge in [0.05, 0.1) is 61.7 Å². The molecule has 0 fully saturated rings. The molecule has 21 heteroatoms. The number of ether oxygens (including phenoxy) is 3. The van der Waals surface area contributed by atoms with Gasteiger partial charge in [-0.1, -0.05) is 18.2 Å². The lowest BCUT2D eigenvalue weighted by Gasteiger charge is -2.21. The molecule has 0 bridgehead atoms. The first-order chi connectivity index (χ1) is 35.3. The van der Waals surface area contributed by atoms with Crippen LogP contribution < -0.4 is 58.8 Å². The highest BCUT2D eigenvalue weighted by molar-refractivity contribution is 6.03. The molecule has 4 aromatic carbocycles. The highest BCUT2D eigenvalue weighted by atomic mass is 19.4. The lowest BCUT2D eigenvalue weighted by atomic mass is 9.95. The van der Waals surface area contributed by atoms with Gasteiger partial charge in [-0.05, 0) is 149 Å². The van der Waals surface area contributed by atoms with Crippen LogP contribution >= 0.6 is 0 Å². The van der Waals surface area contributed by atoms with Gasteiger partial charge in [0.1, 0.15) is 17.2 Å². The molecule has 0 aliphatic heterocycles. The van der Waals surface area contributed by atoms with Crippen LogP contribution in [0.3, 0.4) is 0 Å². The number of alkyl halides is 3. The van der Waals surface area contributed by atoms with Gasteiger partial charge in [-0.15, -0.1) is 0 Å². The van der Waals surface area contributed by atoms with Gasteiger partial charge in [0, 0.05) is 30.5 Å². The van der Waals surface area contributed by atoms with E-state index in [1.165, 1.54) is 57.7 Å². The Morgan fingerprint density at radius 1 is 0.500 bits per heavy atom. The molecule has 400 valence electrons. The average molecular weight is 1030 g/mol. The number of amides is 4. The van der Waals surface area contributed by atoms with E-state index in [4.69, 9.17) is 42.9 Å². The van der Waals surface area contributed by atoms with E-state index < -0.39 is 65.1 Å². The molecule has 0 spiro atoms. The van der Waals surface area contributed by atoms with Crippen LogP contribution in [0.5, 0.6) is 17.2 Å². The van der Waals surface area contributed by atoms with E-state index in [0.717, 1.165) is 6.07 Å². The van der Waals surface area contributed by atoms with Crippen LogP contribution in [0.15, 0.2) is 72.8 Å².